The van der Waals surface area contributed by atoms with Crippen LogP contribution in [0.15, 0.2) is 24.3 Å². The number of anilines is 1. The first kappa shape index (κ1) is 22.9. The van der Waals surface area contributed by atoms with Crippen LogP contribution < -0.4 is 4.90 Å². The van der Waals surface area contributed by atoms with Gasteiger partial charge in [0.05, 0.1) is 5.56 Å². The average Bonchev–Trinajstić information content (AvgIpc) is 3.20. The molecule has 2 heterocycles. The van der Waals surface area contributed by atoms with Crippen LogP contribution in [0.5, 0.6) is 0 Å². The van der Waals surface area contributed by atoms with Crippen LogP contribution in [-0.4, -0.2) is 36.2 Å². The van der Waals surface area contributed by atoms with Crippen molar-refractivity contribution in [1.29, 1.82) is 0 Å². The Bertz CT molecular complexity index is 994. The van der Waals surface area contributed by atoms with Crippen LogP contribution in [0.25, 0.3) is 10.4 Å². The Morgan fingerprint density at radius 1 is 1.06 bits per heavy atom. The molecule has 8 heteroatoms. The molecule has 0 radical (unpaired) electrons. The predicted octanol–water partition coefficient (Wildman–Crippen LogP) is 5.73. The van der Waals surface area contributed by atoms with E-state index in [1.807, 2.05) is 0 Å². The number of carboxylic acid groups (broad SMARTS) is 1. The number of thiophene rings is 1. The molecular formula is C24H27F2NO4S. The van der Waals surface area contributed by atoms with E-state index in [-0.39, 0.29) is 29.0 Å². The standard InChI is InChI=1S/C24H27F2NO4S/c1-14-2-4-15(5-3-14)22(28)27(17-8-10-31-11-9-17)23-19(24(29)30)13-21(32-23)18-7-6-16(25)12-20(18)26/h6-7,12-15,17H,2-5,8-11H2,1H3,(H,29,30). The van der Waals surface area contributed by atoms with Gasteiger partial charge in [-0.2, -0.15) is 0 Å². The Kier molecular flexibility index (Phi) is 6.90. The van der Waals surface area contributed by atoms with Crippen LogP contribution in [0.4, 0.5) is 13.8 Å². The molecular weight excluding hydrogens is 436 g/mol. The number of ether oxygens (including phenoxy) is 1. The van der Waals surface area contributed by atoms with Gasteiger partial charge in [-0.3, -0.25) is 9.69 Å². The van der Waals surface area contributed by atoms with E-state index in [0.29, 0.717) is 41.9 Å². The maximum Gasteiger partial charge on any atom is 0.338 e. The largest absolute Gasteiger partial charge is 0.478 e. The van der Waals surface area contributed by atoms with Crippen molar-refractivity contribution >= 4 is 28.2 Å². The molecule has 1 saturated carbocycles. The maximum absolute atomic E-state index is 14.4. The summed E-state index contributed by atoms with van der Waals surface area (Å²) in [7, 11) is 0. The van der Waals surface area contributed by atoms with E-state index in [1.165, 1.54) is 12.1 Å². The molecule has 2 aliphatic rings. The van der Waals surface area contributed by atoms with Gasteiger partial charge in [-0.25, -0.2) is 13.6 Å². The highest BCUT2D eigenvalue weighted by Gasteiger charge is 2.37. The highest BCUT2D eigenvalue weighted by Crippen LogP contribution is 2.42. The topological polar surface area (TPSA) is 66.8 Å². The Balaban J connectivity index is 1.76. The van der Waals surface area contributed by atoms with Crippen LogP contribution >= 0.6 is 11.3 Å². The van der Waals surface area contributed by atoms with E-state index in [4.69, 9.17) is 4.74 Å². The number of hydrogen-bond acceptors (Lipinski definition) is 4. The second-order valence-electron chi connectivity index (χ2n) is 8.77. The zero-order valence-electron chi connectivity index (χ0n) is 18.0. The van der Waals surface area contributed by atoms with Crippen molar-refractivity contribution in [2.45, 2.75) is 51.5 Å². The lowest BCUT2D eigenvalue weighted by Gasteiger charge is -2.37. The lowest BCUT2D eigenvalue weighted by molar-refractivity contribution is -0.124. The summed E-state index contributed by atoms with van der Waals surface area (Å²) in [4.78, 5) is 27.9. The second-order valence-corrected chi connectivity index (χ2v) is 9.80. The number of nitrogens with zero attached hydrogens (tertiary/aromatic N) is 1. The van der Waals surface area contributed by atoms with Crippen molar-refractivity contribution in [3.05, 3.63) is 41.5 Å². The zero-order valence-corrected chi connectivity index (χ0v) is 18.8. The quantitative estimate of drug-likeness (QED) is 0.615. The van der Waals surface area contributed by atoms with Crippen molar-refractivity contribution in [3.63, 3.8) is 0 Å². The molecule has 0 unspecified atom stereocenters. The van der Waals surface area contributed by atoms with Gasteiger partial charge in [0.2, 0.25) is 5.91 Å². The van der Waals surface area contributed by atoms with Crippen molar-refractivity contribution in [3.8, 4) is 10.4 Å². The van der Waals surface area contributed by atoms with Gasteiger partial charge in [-0.15, -0.1) is 11.3 Å². The molecule has 0 spiro atoms. The first-order valence-corrected chi connectivity index (χ1v) is 11.9. The van der Waals surface area contributed by atoms with Crippen LogP contribution in [0.3, 0.4) is 0 Å². The average molecular weight is 464 g/mol. The highest BCUT2D eigenvalue weighted by molar-refractivity contribution is 7.20. The van der Waals surface area contributed by atoms with Gasteiger partial charge in [0.25, 0.3) is 0 Å². The zero-order chi connectivity index (χ0) is 22.8. The highest BCUT2D eigenvalue weighted by atomic mass is 32.1. The van der Waals surface area contributed by atoms with Crippen molar-refractivity contribution < 1.29 is 28.2 Å². The minimum Gasteiger partial charge on any atom is -0.478 e. The smallest absolute Gasteiger partial charge is 0.338 e. The maximum atomic E-state index is 14.4. The number of amides is 1. The molecule has 1 aliphatic carbocycles. The predicted molar refractivity (Wildman–Crippen MR) is 119 cm³/mol. The fraction of sp³-hybridized carbons (Fsp3) is 0.500. The van der Waals surface area contributed by atoms with E-state index in [1.54, 1.807) is 4.90 Å². The number of aromatic carboxylic acids is 1. The molecule has 32 heavy (non-hydrogen) atoms. The van der Waals surface area contributed by atoms with Gasteiger partial charge in [0.15, 0.2) is 0 Å². The molecule has 0 atom stereocenters. The molecule has 1 aliphatic heterocycles. The number of hydrogen-bond donors (Lipinski definition) is 1. The van der Waals surface area contributed by atoms with E-state index < -0.39 is 17.6 Å². The fourth-order valence-corrected chi connectivity index (χ4v) is 5.88. The molecule has 0 bridgehead atoms. The van der Waals surface area contributed by atoms with Crippen LogP contribution in [-0.2, 0) is 9.53 Å². The fourth-order valence-electron chi connectivity index (χ4n) is 4.63. The normalized spacial score (nSPS) is 22.0. The molecule has 5 nitrogen and oxygen atoms in total. The van der Waals surface area contributed by atoms with Crippen LogP contribution in [0, 0.1) is 23.5 Å². The van der Waals surface area contributed by atoms with Gasteiger partial charge in [-0.1, -0.05) is 6.92 Å². The number of carboxylic acids is 1. The molecule has 1 saturated heterocycles. The number of carbonyl (C=O) groups is 2. The third kappa shape index (κ3) is 4.71. The minimum atomic E-state index is -1.17. The molecule has 1 aromatic heterocycles. The summed E-state index contributed by atoms with van der Waals surface area (Å²) in [5.74, 6) is -2.26. The summed E-state index contributed by atoms with van der Waals surface area (Å²) < 4.78 is 33.3. The first-order valence-electron chi connectivity index (χ1n) is 11.1. The van der Waals surface area contributed by atoms with E-state index in [2.05, 4.69) is 6.92 Å². The number of benzene rings is 1. The summed E-state index contributed by atoms with van der Waals surface area (Å²) in [6, 6.07) is 4.44. The van der Waals surface area contributed by atoms with Crippen LogP contribution in [0.1, 0.15) is 55.8 Å². The number of rotatable bonds is 5. The van der Waals surface area contributed by atoms with Gasteiger partial charge >= 0.3 is 5.97 Å². The lowest BCUT2D eigenvalue weighted by Crippen LogP contribution is -2.47. The van der Waals surface area contributed by atoms with Gasteiger partial charge < -0.3 is 9.84 Å². The lowest BCUT2D eigenvalue weighted by atomic mass is 9.82. The molecule has 1 aromatic carbocycles. The Morgan fingerprint density at radius 2 is 1.75 bits per heavy atom. The van der Waals surface area contributed by atoms with Crippen LogP contribution in [0.2, 0.25) is 0 Å². The third-order valence-electron chi connectivity index (χ3n) is 6.52. The van der Waals surface area contributed by atoms with Crippen molar-refractivity contribution in [2.75, 3.05) is 18.1 Å². The Hall–Kier alpha value is -2.32. The number of carbonyl (C=O) groups excluding carboxylic acids is 1. The molecule has 1 N–H and O–H groups in total. The van der Waals surface area contributed by atoms with E-state index in [9.17, 15) is 23.5 Å². The minimum absolute atomic E-state index is 0.0299. The summed E-state index contributed by atoms with van der Waals surface area (Å²) in [5.41, 5.74) is 0.0914. The Labute approximate surface area is 190 Å². The van der Waals surface area contributed by atoms with E-state index >= 15 is 0 Å². The van der Waals surface area contributed by atoms with Gasteiger partial charge in [0.1, 0.15) is 16.6 Å². The summed E-state index contributed by atoms with van der Waals surface area (Å²) >= 11 is 1.08. The van der Waals surface area contributed by atoms with Crippen molar-refractivity contribution in [2.24, 2.45) is 11.8 Å². The Morgan fingerprint density at radius 3 is 2.38 bits per heavy atom. The molecule has 2 fully saturated rings. The first-order chi connectivity index (χ1) is 15.3. The third-order valence-corrected chi connectivity index (χ3v) is 7.68. The summed E-state index contributed by atoms with van der Waals surface area (Å²) in [6.45, 7) is 3.19. The molecule has 4 rings (SSSR count). The summed E-state index contributed by atoms with van der Waals surface area (Å²) in [5, 5.41) is 10.2. The molecule has 1 amide bonds. The second kappa shape index (κ2) is 9.67. The monoisotopic (exact) mass is 463 g/mol. The molecule has 172 valence electrons. The summed E-state index contributed by atoms with van der Waals surface area (Å²) in [6.07, 6.45) is 4.75. The molecule has 2 aromatic rings. The number of halogens is 2. The van der Waals surface area contributed by atoms with Gasteiger partial charge in [-0.05, 0) is 62.6 Å². The SMILES string of the molecule is CC1CCC(C(=O)N(c2sc(-c3ccc(F)cc3F)cc2C(=O)O)C2CCOCC2)CC1. The van der Waals surface area contributed by atoms with Gasteiger partial charge in [0, 0.05) is 41.7 Å². The van der Waals surface area contributed by atoms with E-state index in [0.717, 1.165) is 49.2 Å². The van der Waals surface area contributed by atoms with Crippen molar-refractivity contribution in [1.82, 2.24) is 0 Å².